The second-order valence-electron chi connectivity index (χ2n) is 5.71. The Morgan fingerprint density at radius 1 is 1.20 bits per heavy atom. The van der Waals surface area contributed by atoms with Gasteiger partial charge in [-0.2, -0.15) is 0 Å². The van der Waals surface area contributed by atoms with Crippen molar-refractivity contribution < 1.29 is 4.79 Å². The van der Waals surface area contributed by atoms with Crippen LogP contribution in [0.1, 0.15) is 37.7 Å². The summed E-state index contributed by atoms with van der Waals surface area (Å²) in [4.78, 5) is 14.1. The van der Waals surface area contributed by atoms with Gasteiger partial charge in [0.25, 0.3) is 0 Å². The zero-order valence-corrected chi connectivity index (χ0v) is 12.5. The van der Waals surface area contributed by atoms with Crippen molar-refractivity contribution in [2.24, 2.45) is 0 Å². The fraction of sp³-hybridized carbons (Fsp3) is 0.588. The first-order valence-corrected chi connectivity index (χ1v) is 7.77. The molecule has 1 aliphatic carbocycles. The lowest BCUT2D eigenvalue weighted by molar-refractivity contribution is -0.131. The van der Waals surface area contributed by atoms with Gasteiger partial charge in [-0.05, 0) is 31.4 Å². The molecule has 1 fully saturated rings. The van der Waals surface area contributed by atoms with Gasteiger partial charge >= 0.3 is 0 Å². The number of carbonyl (C=O) groups is 1. The van der Waals surface area contributed by atoms with E-state index >= 15 is 0 Å². The maximum absolute atomic E-state index is 12.1. The van der Waals surface area contributed by atoms with Crippen LogP contribution in [0.5, 0.6) is 0 Å². The largest absolute Gasteiger partial charge is 0.342 e. The van der Waals surface area contributed by atoms with E-state index in [2.05, 4.69) is 29.6 Å². The number of hydrogen-bond donors (Lipinski definition) is 1. The summed E-state index contributed by atoms with van der Waals surface area (Å²) in [7, 11) is 1.96. The predicted molar refractivity (Wildman–Crippen MR) is 82.7 cm³/mol. The van der Waals surface area contributed by atoms with Crippen molar-refractivity contribution >= 4 is 5.91 Å². The number of hydrogen-bond acceptors (Lipinski definition) is 2. The molecule has 0 radical (unpaired) electrons. The maximum atomic E-state index is 12.1. The molecule has 0 atom stereocenters. The van der Waals surface area contributed by atoms with Crippen LogP contribution in [-0.2, 0) is 11.2 Å². The first-order chi connectivity index (χ1) is 9.77. The highest BCUT2D eigenvalue weighted by Gasteiger charge is 2.21. The first-order valence-electron chi connectivity index (χ1n) is 7.77. The van der Waals surface area contributed by atoms with E-state index in [1.165, 1.54) is 37.7 Å². The van der Waals surface area contributed by atoms with Gasteiger partial charge in [0.2, 0.25) is 5.91 Å². The minimum Gasteiger partial charge on any atom is -0.342 e. The molecular formula is C17H26N2O. The van der Waals surface area contributed by atoms with Gasteiger partial charge in [0.05, 0.1) is 6.54 Å². The van der Waals surface area contributed by atoms with Crippen LogP contribution in [0.2, 0.25) is 0 Å². The molecule has 2 rings (SSSR count). The molecule has 0 unspecified atom stereocenters. The molecule has 0 saturated heterocycles. The fourth-order valence-electron chi connectivity index (χ4n) is 2.87. The highest BCUT2D eigenvalue weighted by Crippen LogP contribution is 2.21. The molecule has 1 N–H and O–H groups in total. The lowest BCUT2D eigenvalue weighted by Gasteiger charge is -2.31. The van der Waals surface area contributed by atoms with Gasteiger partial charge < -0.3 is 10.2 Å². The summed E-state index contributed by atoms with van der Waals surface area (Å²) in [5, 5.41) is 3.26. The van der Waals surface area contributed by atoms with Gasteiger partial charge in [-0.1, -0.05) is 49.6 Å². The topological polar surface area (TPSA) is 32.3 Å². The van der Waals surface area contributed by atoms with Crippen LogP contribution in [0.4, 0.5) is 0 Å². The fourth-order valence-corrected chi connectivity index (χ4v) is 2.87. The van der Waals surface area contributed by atoms with Crippen molar-refractivity contribution in [3.63, 3.8) is 0 Å². The van der Waals surface area contributed by atoms with Crippen LogP contribution in [0.3, 0.4) is 0 Å². The third-order valence-electron chi connectivity index (χ3n) is 4.23. The zero-order valence-electron chi connectivity index (χ0n) is 12.5. The van der Waals surface area contributed by atoms with Crippen molar-refractivity contribution in [3.8, 4) is 0 Å². The van der Waals surface area contributed by atoms with E-state index in [0.29, 0.717) is 12.6 Å². The highest BCUT2D eigenvalue weighted by atomic mass is 16.2. The van der Waals surface area contributed by atoms with Crippen LogP contribution in [-0.4, -0.2) is 37.0 Å². The molecule has 1 saturated carbocycles. The second-order valence-corrected chi connectivity index (χ2v) is 5.71. The van der Waals surface area contributed by atoms with Crippen molar-refractivity contribution in [2.75, 3.05) is 20.1 Å². The Morgan fingerprint density at radius 3 is 2.60 bits per heavy atom. The molecule has 0 aliphatic heterocycles. The van der Waals surface area contributed by atoms with Gasteiger partial charge in [0.15, 0.2) is 0 Å². The van der Waals surface area contributed by atoms with Crippen LogP contribution in [0.25, 0.3) is 0 Å². The summed E-state index contributed by atoms with van der Waals surface area (Å²) in [6.45, 7) is 1.31. The minimum atomic E-state index is 0.227. The van der Waals surface area contributed by atoms with E-state index in [0.717, 1.165) is 13.0 Å². The predicted octanol–water partition coefficient (Wildman–Crippen LogP) is 2.61. The van der Waals surface area contributed by atoms with Crippen LogP contribution in [0, 0.1) is 0 Å². The van der Waals surface area contributed by atoms with Crippen molar-refractivity contribution in [2.45, 2.75) is 44.6 Å². The Morgan fingerprint density at radius 2 is 1.90 bits per heavy atom. The Bertz CT molecular complexity index is 399. The van der Waals surface area contributed by atoms with E-state index in [4.69, 9.17) is 0 Å². The molecule has 0 spiro atoms. The van der Waals surface area contributed by atoms with Crippen LogP contribution >= 0.6 is 0 Å². The number of likely N-dealkylation sites (N-methyl/N-ethyl adjacent to an activating group) is 1. The van der Waals surface area contributed by atoms with E-state index in [9.17, 15) is 4.79 Å². The third kappa shape index (κ3) is 4.64. The number of amides is 1. The molecule has 1 aromatic carbocycles. The van der Waals surface area contributed by atoms with Crippen molar-refractivity contribution in [1.29, 1.82) is 0 Å². The molecule has 0 bridgehead atoms. The van der Waals surface area contributed by atoms with Gasteiger partial charge in [-0.25, -0.2) is 0 Å². The first kappa shape index (κ1) is 15.0. The third-order valence-corrected chi connectivity index (χ3v) is 4.23. The molecule has 1 aromatic rings. The zero-order chi connectivity index (χ0) is 14.2. The molecule has 0 heterocycles. The number of nitrogens with zero attached hydrogens (tertiary/aromatic N) is 1. The molecule has 110 valence electrons. The summed E-state index contributed by atoms with van der Waals surface area (Å²) in [5.74, 6) is 0.227. The molecule has 3 nitrogen and oxygen atoms in total. The van der Waals surface area contributed by atoms with Crippen LogP contribution in [0.15, 0.2) is 30.3 Å². The number of carbonyl (C=O) groups excluding carboxylic acids is 1. The quantitative estimate of drug-likeness (QED) is 0.809. The molecular weight excluding hydrogens is 248 g/mol. The summed E-state index contributed by atoms with van der Waals surface area (Å²) in [6, 6.07) is 10.8. The number of nitrogens with one attached hydrogen (secondary N) is 1. The van der Waals surface area contributed by atoms with Gasteiger partial charge in [0, 0.05) is 13.1 Å². The normalized spacial score (nSPS) is 16.1. The molecule has 1 aliphatic rings. The molecule has 20 heavy (non-hydrogen) atoms. The van der Waals surface area contributed by atoms with E-state index in [1.54, 1.807) is 0 Å². The Balaban J connectivity index is 1.64. The number of benzene rings is 1. The Kier molecular flexibility index (Phi) is 6.06. The van der Waals surface area contributed by atoms with E-state index in [-0.39, 0.29) is 5.91 Å². The van der Waals surface area contributed by atoms with Crippen molar-refractivity contribution in [3.05, 3.63) is 35.9 Å². The minimum absolute atomic E-state index is 0.227. The lowest BCUT2D eigenvalue weighted by Crippen LogP contribution is -2.43. The van der Waals surface area contributed by atoms with Gasteiger partial charge in [-0.3, -0.25) is 4.79 Å². The Labute approximate surface area is 122 Å². The van der Waals surface area contributed by atoms with E-state index in [1.807, 2.05) is 18.0 Å². The van der Waals surface area contributed by atoms with Gasteiger partial charge in [-0.15, -0.1) is 0 Å². The standard InChI is InChI=1S/C17H26N2O/c1-19(16-10-6-3-7-11-16)17(20)14-18-13-12-15-8-4-2-5-9-15/h2,4-5,8-9,16,18H,3,6-7,10-14H2,1H3. The monoisotopic (exact) mass is 274 g/mol. The highest BCUT2D eigenvalue weighted by molar-refractivity contribution is 5.78. The summed E-state index contributed by atoms with van der Waals surface area (Å²) in [5.41, 5.74) is 1.31. The molecule has 3 heteroatoms. The second kappa shape index (κ2) is 8.05. The average Bonchev–Trinajstić information content (AvgIpc) is 2.52. The SMILES string of the molecule is CN(C(=O)CNCCc1ccccc1)C1CCCCC1. The summed E-state index contributed by atoms with van der Waals surface area (Å²) in [6.07, 6.45) is 7.18. The Hall–Kier alpha value is -1.35. The van der Waals surface area contributed by atoms with Gasteiger partial charge in [0.1, 0.15) is 0 Å². The summed E-state index contributed by atoms with van der Waals surface area (Å²) >= 11 is 0. The summed E-state index contributed by atoms with van der Waals surface area (Å²) < 4.78 is 0. The van der Waals surface area contributed by atoms with Crippen LogP contribution < -0.4 is 5.32 Å². The van der Waals surface area contributed by atoms with E-state index < -0.39 is 0 Å². The smallest absolute Gasteiger partial charge is 0.236 e. The molecule has 0 aromatic heterocycles. The average molecular weight is 274 g/mol. The molecule has 1 amide bonds. The number of rotatable bonds is 6. The van der Waals surface area contributed by atoms with Crippen molar-refractivity contribution in [1.82, 2.24) is 10.2 Å². The lowest BCUT2D eigenvalue weighted by atomic mass is 9.94. The maximum Gasteiger partial charge on any atom is 0.236 e.